The molecule has 0 spiro atoms. The summed E-state index contributed by atoms with van der Waals surface area (Å²) in [6, 6.07) is 2.71. The van der Waals surface area contributed by atoms with Crippen molar-refractivity contribution in [1.82, 2.24) is 4.90 Å². The van der Waals surface area contributed by atoms with E-state index in [1.165, 1.54) is 12.1 Å². The fraction of sp³-hybridized carbons (Fsp3) is 0.588. The summed E-state index contributed by atoms with van der Waals surface area (Å²) in [5.41, 5.74) is 4.69. The average molecular weight is 324 g/mol. The van der Waals surface area contributed by atoms with Crippen LogP contribution in [0, 0.1) is 17.6 Å². The van der Waals surface area contributed by atoms with Crippen LogP contribution in [0.15, 0.2) is 12.1 Å². The number of nitrogens with zero attached hydrogens (tertiary/aromatic N) is 1. The van der Waals surface area contributed by atoms with Crippen molar-refractivity contribution in [3.63, 3.8) is 0 Å². The molecule has 126 valence electrons. The molecule has 1 aromatic rings. The Morgan fingerprint density at radius 3 is 2.30 bits per heavy atom. The molecular weight excluding hydrogens is 302 g/mol. The number of carbonyl (C=O) groups is 1. The number of benzene rings is 1. The first-order valence-corrected chi connectivity index (χ1v) is 8.06. The van der Waals surface area contributed by atoms with E-state index in [4.69, 9.17) is 5.73 Å². The molecule has 1 aliphatic heterocycles. The third-order valence-corrected chi connectivity index (χ3v) is 5.22. The fourth-order valence-corrected chi connectivity index (χ4v) is 3.92. The lowest BCUT2D eigenvalue weighted by atomic mass is 9.58. The van der Waals surface area contributed by atoms with Gasteiger partial charge in [0.1, 0.15) is 11.6 Å². The molecule has 1 aliphatic carbocycles. The molecule has 6 heteroatoms. The molecule has 0 radical (unpaired) electrons. The summed E-state index contributed by atoms with van der Waals surface area (Å²) < 4.78 is 29.1. The van der Waals surface area contributed by atoms with E-state index in [1.54, 1.807) is 0 Å². The quantitative estimate of drug-likeness (QED) is 0.866. The Kier molecular flexibility index (Phi) is 4.38. The summed E-state index contributed by atoms with van der Waals surface area (Å²) in [5, 5.41) is 9.64. The van der Waals surface area contributed by atoms with Gasteiger partial charge in [-0.15, -0.1) is 0 Å². The van der Waals surface area contributed by atoms with Gasteiger partial charge in [-0.3, -0.25) is 9.69 Å². The first-order chi connectivity index (χ1) is 10.9. The highest BCUT2D eigenvalue weighted by atomic mass is 19.1. The molecule has 0 aromatic heterocycles. The van der Waals surface area contributed by atoms with Crippen LogP contribution in [-0.4, -0.2) is 35.6 Å². The zero-order valence-corrected chi connectivity index (χ0v) is 13.0. The third kappa shape index (κ3) is 2.97. The van der Waals surface area contributed by atoms with Gasteiger partial charge in [0.15, 0.2) is 0 Å². The maximum Gasteiger partial charge on any atom is 0.220 e. The Bertz CT molecular complexity index is 586. The molecule has 1 heterocycles. The molecule has 1 aromatic carbocycles. The van der Waals surface area contributed by atoms with Gasteiger partial charge in [-0.1, -0.05) is 0 Å². The average Bonchev–Trinajstić information content (AvgIpc) is 2.93. The van der Waals surface area contributed by atoms with Gasteiger partial charge in [0, 0.05) is 23.4 Å². The van der Waals surface area contributed by atoms with Crippen LogP contribution in [0.25, 0.3) is 0 Å². The molecule has 1 saturated carbocycles. The highest BCUT2D eigenvalue weighted by Gasteiger charge is 2.50. The monoisotopic (exact) mass is 324 g/mol. The van der Waals surface area contributed by atoms with Crippen molar-refractivity contribution < 1.29 is 18.7 Å². The number of halogens is 2. The molecular formula is C17H22F2N2O2. The highest BCUT2D eigenvalue weighted by molar-refractivity contribution is 5.78. The number of nitrogens with two attached hydrogens (primary N) is 1. The number of primary amides is 1. The van der Waals surface area contributed by atoms with Crippen LogP contribution in [0.3, 0.4) is 0 Å². The minimum Gasteiger partial charge on any atom is -0.395 e. The van der Waals surface area contributed by atoms with Gasteiger partial charge < -0.3 is 10.8 Å². The van der Waals surface area contributed by atoms with Gasteiger partial charge >= 0.3 is 0 Å². The lowest BCUT2D eigenvalue weighted by Gasteiger charge is -2.45. The van der Waals surface area contributed by atoms with E-state index in [0.717, 1.165) is 25.9 Å². The lowest BCUT2D eigenvalue weighted by molar-refractivity contribution is -0.127. The summed E-state index contributed by atoms with van der Waals surface area (Å²) >= 11 is 0. The second kappa shape index (κ2) is 6.17. The predicted octanol–water partition coefficient (Wildman–Crippen LogP) is 1.69. The van der Waals surface area contributed by atoms with E-state index in [9.17, 15) is 18.7 Å². The predicted molar refractivity (Wildman–Crippen MR) is 81.6 cm³/mol. The molecule has 1 amide bonds. The van der Waals surface area contributed by atoms with Gasteiger partial charge in [0.05, 0.1) is 6.61 Å². The molecule has 0 bridgehead atoms. The summed E-state index contributed by atoms with van der Waals surface area (Å²) in [4.78, 5) is 13.4. The maximum absolute atomic E-state index is 14.5. The van der Waals surface area contributed by atoms with Crippen molar-refractivity contribution in [1.29, 1.82) is 0 Å². The fourth-order valence-electron chi connectivity index (χ4n) is 3.92. The standard InChI is InChI=1S/C17H22F2N2O2/c18-13-5-11(9-21-3-1-2-4-21)6-14(19)15(13)17(10-22)7-12(8-17)16(20)23/h5-6,12,22H,1-4,7-10H2,(H2,20,23). The van der Waals surface area contributed by atoms with Gasteiger partial charge in [0.25, 0.3) is 0 Å². The largest absolute Gasteiger partial charge is 0.395 e. The van der Waals surface area contributed by atoms with E-state index < -0.39 is 35.5 Å². The molecule has 4 nitrogen and oxygen atoms in total. The van der Waals surface area contributed by atoms with Gasteiger partial charge in [0.2, 0.25) is 5.91 Å². The minimum absolute atomic E-state index is 0.109. The van der Waals surface area contributed by atoms with Gasteiger partial charge in [-0.25, -0.2) is 8.78 Å². The van der Waals surface area contributed by atoms with E-state index in [0.29, 0.717) is 12.1 Å². The molecule has 3 N–H and O–H groups in total. The van der Waals surface area contributed by atoms with E-state index >= 15 is 0 Å². The van der Waals surface area contributed by atoms with Crippen LogP contribution in [0.4, 0.5) is 8.78 Å². The summed E-state index contributed by atoms with van der Waals surface area (Å²) in [5.74, 6) is -2.20. The van der Waals surface area contributed by atoms with Crippen LogP contribution >= 0.6 is 0 Å². The van der Waals surface area contributed by atoms with Crippen molar-refractivity contribution in [2.75, 3.05) is 19.7 Å². The molecule has 3 rings (SSSR count). The van der Waals surface area contributed by atoms with Crippen molar-refractivity contribution in [3.8, 4) is 0 Å². The number of hydrogen-bond donors (Lipinski definition) is 2. The maximum atomic E-state index is 14.5. The normalized spacial score (nSPS) is 27.9. The van der Waals surface area contributed by atoms with Crippen LogP contribution in [0.1, 0.15) is 36.8 Å². The van der Waals surface area contributed by atoms with Crippen molar-refractivity contribution in [2.45, 2.75) is 37.6 Å². The summed E-state index contributed by atoms with van der Waals surface area (Å²) in [7, 11) is 0. The van der Waals surface area contributed by atoms with Gasteiger partial charge in [-0.2, -0.15) is 0 Å². The second-order valence-electron chi connectivity index (χ2n) is 6.86. The first-order valence-electron chi connectivity index (χ1n) is 8.06. The molecule has 2 fully saturated rings. The van der Waals surface area contributed by atoms with Crippen LogP contribution < -0.4 is 5.73 Å². The Morgan fingerprint density at radius 1 is 1.26 bits per heavy atom. The Morgan fingerprint density at radius 2 is 1.83 bits per heavy atom. The molecule has 23 heavy (non-hydrogen) atoms. The number of amides is 1. The highest BCUT2D eigenvalue weighted by Crippen LogP contribution is 2.49. The zero-order valence-electron chi connectivity index (χ0n) is 13.0. The second-order valence-corrected chi connectivity index (χ2v) is 6.86. The van der Waals surface area contributed by atoms with Crippen LogP contribution in [0.2, 0.25) is 0 Å². The molecule has 0 atom stereocenters. The summed E-state index contributed by atoms with van der Waals surface area (Å²) in [6.07, 6.45) is 2.62. The van der Waals surface area contributed by atoms with E-state index in [-0.39, 0.29) is 18.4 Å². The number of likely N-dealkylation sites (tertiary alicyclic amines) is 1. The summed E-state index contributed by atoms with van der Waals surface area (Å²) in [6.45, 7) is 2.04. The Hall–Kier alpha value is -1.53. The van der Waals surface area contributed by atoms with Gasteiger partial charge in [-0.05, 0) is 56.5 Å². The third-order valence-electron chi connectivity index (χ3n) is 5.22. The SMILES string of the molecule is NC(=O)C1CC(CO)(c2c(F)cc(CN3CCCC3)cc2F)C1. The number of rotatable bonds is 5. The van der Waals surface area contributed by atoms with E-state index in [2.05, 4.69) is 4.90 Å². The van der Waals surface area contributed by atoms with Crippen LogP contribution in [0.5, 0.6) is 0 Å². The Labute approximate surface area is 134 Å². The first kappa shape index (κ1) is 16.3. The molecule has 0 unspecified atom stereocenters. The molecule has 1 saturated heterocycles. The smallest absolute Gasteiger partial charge is 0.220 e. The molecule has 2 aliphatic rings. The number of aliphatic hydroxyl groups excluding tert-OH is 1. The number of hydrogen-bond acceptors (Lipinski definition) is 3. The topological polar surface area (TPSA) is 66.6 Å². The van der Waals surface area contributed by atoms with Crippen molar-refractivity contribution in [2.24, 2.45) is 11.7 Å². The number of carbonyl (C=O) groups excluding carboxylic acids is 1. The number of aliphatic hydroxyl groups is 1. The van der Waals surface area contributed by atoms with Crippen molar-refractivity contribution in [3.05, 3.63) is 34.9 Å². The zero-order chi connectivity index (χ0) is 16.6. The van der Waals surface area contributed by atoms with Crippen molar-refractivity contribution >= 4 is 5.91 Å². The minimum atomic E-state index is -1.03. The Balaban J connectivity index is 1.83. The lowest BCUT2D eigenvalue weighted by Crippen LogP contribution is -2.50. The van der Waals surface area contributed by atoms with E-state index in [1.807, 2.05) is 0 Å². The van der Waals surface area contributed by atoms with Crippen LogP contribution in [-0.2, 0) is 16.8 Å².